The Hall–Kier alpha value is -2.07. The number of fused-ring (bicyclic) bond motifs is 1. The highest BCUT2D eigenvalue weighted by molar-refractivity contribution is 6.31. The third-order valence-electron chi connectivity index (χ3n) is 2.88. The molecule has 0 aliphatic rings. The number of aromatic nitrogens is 3. The Morgan fingerprint density at radius 3 is 2.83 bits per heavy atom. The van der Waals surface area contributed by atoms with E-state index in [-0.39, 0.29) is 0 Å². The summed E-state index contributed by atoms with van der Waals surface area (Å²) in [5.41, 5.74) is 8.54. The van der Waals surface area contributed by atoms with Crippen LogP contribution in [0.2, 0.25) is 5.02 Å². The smallest absolute Gasteiger partial charge is 0.141 e. The second-order valence-electron chi connectivity index (χ2n) is 4.10. The standard InChI is InChI=1S/C13H11ClN4/c1-18-11-3-2-9(14)7-10(11)17-13(18)8-4-5-16-12(15)6-8/h2-7H,1H3,(H2,15,16). The minimum Gasteiger partial charge on any atom is -0.384 e. The molecule has 18 heavy (non-hydrogen) atoms. The van der Waals surface area contributed by atoms with Crippen molar-refractivity contribution in [3.8, 4) is 11.4 Å². The van der Waals surface area contributed by atoms with Gasteiger partial charge in [-0.15, -0.1) is 0 Å². The fourth-order valence-corrected chi connectivity index (χ4v) is 2.18. The van der Waals surface area contributed by atoms with Crippen LogP contribution in [-0.4, -0.2) is 14.5 Å². The summed E-state index contributed by atoms with van der Waals surface area (Å²) < 4.78 is 2.01. The van der Waals surface area contributed by atoms with Gasteiger partial charge in [-0.1, -0.05) is 11.6 Å². The average molecular weight is 259 g/mol. The fourth-order valence-electron chi connectivity index (χ4n) is 2.02. The number of hydrogen-bond donors (Lipinski definition) is 1. The van der Waals surface area contributed by atoms with Crippen LogP contribution in [-0.2, 0) is 7.05 Å². The van der Waals surface area contributed by atoms with Crippen LogP contribution < -0.4 is 5.73 Å². The largest absolute Gasteiger partial charge is 0.384 e. The van der Waals surface area contributed by atoms with Gasteiger partial charge in [-0.2, -0.15) is 0 Å². The highest BCUT2D eigenvalue weighted by Gasteiger charge is 2.10. The molecule has 0 atom stereocenters. The monoisotopic (exact) mass is 258 g/mol. The first-order valence-electron chi connectivity index (χ1n) is 5.49. The predicted octanol–water partition coefficient (Wildman–Crippen LogP) is 2.87. The van der Waals surface area contributed by atoms with Crippen molar-refractivity contribution in [2.45, 2.75) is 0 Å². The average Bonchev–Trinajstić information content (AvgIpc) is 2.66. The molecule has 0 aliphatic carbocycles. The van der Waals surface area contributed by atoms with E-state index in [1.165, 1.54) is 0 Å². The van der Waals surface area contributed by atoms with Crippen LogP contribution in [0.1, 0.15) is 0 Å². The van der Waals surface area contributed by atoms with Gasteiger partial charge in [0.05, 0.1) is 11.0 Å². The molecule has 2 heterocycles. The molecule has 0 unspecified atom stereocenters. The van der Waals surface area contributed by atoms with Gasteiger partial charge >= 0.3 is 0 Å². The molecule has 0 radical (unpaired) electrons. The third kappa shape index (κ3) is 1.71. The Morgan fingerprint density at radius 2 is 2.06 bits per heavy atom. The molecule has 5 heteroatoms. The lowest BCUT2D eigenvalue weighted by Crippen LogP contribution is -1.95. The number of halogens is 1. The topological polar surface area (TPSA) is 56.7 Å². The molecule has 2 N–H and O–H groups in total. The van der Waals surface area contributed by atoms with Crippen LogP contribution in [0, 0.1) is 0 Å². The number of nitrogens with two attached hydrogens (primary N) is 1. The Balaban J connectivity index is 2.27. The fraction of sp³-hybridized carbons (Fsp3) is 0.0769. The summed E-state index contributed by atoms with van der Waals surface area (Å²) in [7, 11) is 1.97. The van der Waals surface area contributed by atoms with Crippen molar-refractivity contribution in [2.24, 2.45) is 7.05 Å². The van der Waals surface area contributed by atoms with Crippen LogP contribution in [0.4, 0.5) is 5.82 Å². The van der Waals surface area contributed by atoms with Crippen LogP contribution in [0.25, 0.3) is 22.4 Å². The molecule has 4 nitrogen and oxygen atoms in total. The Morgan fingerprint density at radius 1 is 1.22 bits per heavy atom. The molecular formula is C13H11ClN4. The maximum absolute atomic E-state index is 5.97. The third-order valence-corrected chi connectivity index (χ3v) is 3.12. The molecule has 0 amide bonds. The van der Waals surface area contributed by atoms with E-state index in [2.05, 4.69) is 9.97 Å². The lowest BCUT2D eigenvalue weighted by molar-refractivity contribution is 0.959. The van der Waals surface area contributed by atoms with E-state index in [4.69, 9.17) is 17.3 Å². The van der Waals surface area contributed by atoms with E-state index in [0.717, 1.165) is 22.4 Å². The highest BCUT2D eigenvalue weighted by Crippen LogP contribution is 2.25. The minimum atomic E-state index is 0.484. The lowest BCUT2D eigenvalue weighted by atomic mass is 10.2. The summed E-state index contributed by atoms with van der Waals surface area (Å²) in [5, 5.41) is 0.682. The Kier molecular flexibility index (Phi) is 2.45. The first-order chi connectivity index (χ1) is 8.65. The molecular weight excluding hydrogens is 248 g/mol. The van der Waals surface area contributed by atoms with Gasteiger partial charge in [0, 0.05) is 23.8 Å². The second-order valence-corrected chi connectivity index (χ2v) is 4.53. The maximum atomic E-state index is 5.97. The van der Waals surface area contributed by atoms with Crippen LogP contribution in [0.3, 0.4) is 0 Å². The van der Waals surface area contributed by atoms with Gasteiger partial charge in [0.2, 0.25) is 0 Å². The van der Waals surface area contributed by atoms with Gasteiger partial charge in [-0.25, -0.2) is 9.97 Å². The molecule has 0 saturated carbocycles. The molecule has 0 saturated heterocycles. The van der Waals surface area contributed by atoms with Gasteiger partial charge in [-0.05, 0) is 30.3 Å². The van der Waals surface area contributed by atoms with Gasteiger partial charge in [0.15, 0.2) is 0 Å². The number of nitrogen functional groups attached to an aromatic ring is 1. The van der Waals surface area contributed by atoms with E-state index in [1.807, 2.05) is 41.9 Å². The van der Waals surface area contributed by atoms with Crippen molar-refractivity contribution >= 4 is 28.5 Å². The summed E-state index contributed by atoms with van der Waals surface area (Å²) >= 11 is 5.97. The summed E-state index contributed by atoms with van der Waals surface area (Å²) in [4.78, 5) is 8.56. The van der Waals surface area contributed by atoms with Crippen molar-refractivity contribution in [2.75, 3.05) is 5.73 Å². The molecule has 3 aromatic rings. The van der Waals surface area contributed by atoms with Gasteiger partial charge in [0.25, 0.3) is 0 Å². The van der Waals surface area contributed by atoms with Crippen molar-refractivity contribution < 1.29 is 0 Å². The van der Waals surface area contributed by atoms with Crippen molar-refractivity contribution in [3.63, 3.8) is 0 Å². The second kappa shape index (κ2) is 3.99. The number of imidazole rings is 1. The van der Waals surface area contributed by atoms with Crippen molar-refractivity contribution in [1.82, 2.24) is 14.5 Å². The van der Waals surface area contributed by atoms with Gasteiger partial charge < -0.3 is 10.3 Å². The zero-order chi connectivity index (χ0) is 12.7. The number of aryl methyl sites for hydroxylation is 1. The van der Waals surface area contributed by atoms with Gasteiger partial charge in [0.1, 0.15) is 11.6 Å². The molecule has 0 aliphatic heterocycles. The SMILES string of the molecule is Cn1c(-c2ccnc(N)c2)nc2cc(Cl)ccc21. The maximum Gasteiger partial charge on any atom is 0.141 e. The zero-order valence-corrected chi connectivity index (χ0v) is 10.5. The molecule has 90 valence electrons. The first-order valence-corrected chi connectivity index (χ1v) is 5.87. The summed E-state index contributed by atoms with van der Waals surface area (Å²) in [6, 6.07) is 9.36. The number of nitrogens with zero attached hydrogens (tertiary/aromatic N) is 3. The molecule has 0 fully saturated rings. The molecule has 2 aromatic heterocycles. The van der Waals surface area contributed by atoms with E-state index in [1.54, 1.807) is 6.20 Å². The Labute approximate surface area is 109 Å². The molecule has 3 rings (SSSR count). The van der Waals surface area contributed by atoms with Crippen molar-refractivity contribution in [3.05, 3.63) is 41.6 Å². The summed E-state index contributed by atoms with van der Waals surface area (Å²) in [6.45, 7) is 0. The number of anilines is 1. The number of pyridine rings is 1. The van der Waals surface area contributed by atoms with E-state index < -0.39 is 0 Å². The normalized spacial score (nSPS) is 11.0. The van der Waals surface area contributed by atoms with Crippen LogP contribution >= 0.6 is 11.6 Å². The van der Waals surface area contributed by atoms with Gasteiger partial charge in [-0.3, -0.25) is 0 Å². The molecule has 0 bridgehead atoms. The first kappa shape index (κ1) is 11.0. The van der Waals surface area contributed by atoms with E-state index in [9.17, 15) is 0 Å². The highest BCUT2D eigenvalue weighted by atomic mass is 35.5. The van der Waals surface area contributed by atoms with E-state index in [0.29, 0.717) is 10.8 Å². The minimum absolute atomic E-state index is 0.484. The molecule has 0 spiro atoms. The predicted molar refractivity (Wildman–Crippen MR) is 73.4 cm³/mol. The lowest BCUT2D eigenvalue weighted by Gasteiger charge is -2.02. The number of benzene rings is 1. The zero-order valence-electron chi connectivity index (χ0n) is 9.76. The van der Waals surface area contributed by atoms with Crippen LogP contribution in [0.5, 0.6) is 0 Å². The summed E-state index contributed by atoms with van der Waals surface area (Å²) in [6.07, 6.45) is 1.68. The number of rotatable bonds is 1. The quantitative estimate of drug-likeness (QED) is 0.730. The Bertz CT molecular complexity index is 733. The molecule has 1 aromatic carbocycles. The van der Waals surface area contributed by atoms with Crippen molar-refractivity contribution in [1.29, 1.82) is 0 Å². The van der Waals surface area contributed by atoms with Crippen LogP contribution in [0.15, 0.2) is 36.5 Å². The van der Waals surface area contributed by atoms with E-state index >= 15 is 0 Å². The summed E-state index contributed by atoms with van der Waals surface area (Å²) in [5.74, 6) is 1.33. The number of hydrogen-bond acceptors (Lipinski definition) is 3.